The number of aryl methyl sites for hydroxylation is 4. The first-order valence-corrected chi connectivity index (χ1v) is 48.9. The van der Waals surface area contributed by atoms with Gasteiger partial charge in [-0.2, -0.15) is 26.3 Å². The van der Waals surface area contributed by atoms with E-state index in [0.717, 1.165) is 66.7 Å². The van der Waals surface area contributed by atoms with Crippen LogP contribution in [0.2, 0.25) is 0 Å². The maximum atomic E-state index is 13.3. The molecule has 42 heteroatoms. The van der Waals surface area contributed by atoms with Gasteiger partial charge >= 0.3 is 12.4 Å². The van der Waals surface area contributed by atoms with Crippen LogP contribution < -0.4 is 50.3 Å². The summed E-state index contributed by atoms with van der Waals surface area (Å²) in [6.07, 6.45) is -5.55. The number of alkyl halides is 6. The minimum atomic E-state index is -4.93. The molecule has 4 aliphatic rings. The molecule has 0 unspecified atom stereocenters. The highest BCUT2D eigenvalue weighted by atomic mass is 32.2. The summed E-state index contributed by atoms with van der Waals surface area (Å²) in [5, 5.41) is 36.4. The van der Waals surface area contributed by atoms with E-state index in [9.17, 15) is 88.8 Å². The Morgan fingerprint density at radius 1 is 0.341 bits per heavy atom. The van der Waals surface area contributed by atoms with Crippen LogP contribution in [0.25, 0.3) is 0 Å². The molecule has 12 rings (SSSR count). The second kappa shape index (κ2) is 48.5. The molecule has 4 aliphatic heterocycles. The van der Waals surface area contributed by atoms with Crippen LogP contribution in [0, 0.1) is 0 Å². The van der Waals surface area contributed by atoms with Crippen molar-refractivity contribution in [3.63, 3.8) is 0 Å². The van der Waals surface area contributed by atoms with Gasteiger partial charge in [0.1, 0.15) is 34.5 Å². The lowest BCUT2D eigenvalue weighted by molar-refractivity contribution is -0.143. The fraction of sp³-hybridized carbons (Fsp3) is 0.419. The number of methoxy groups -OCH3 is 2. The summed E-state index contributed by atoms with van der Waals surface area (Å²) in [5.74, 6) is -0.592. The molecule has 0 spiro atoms. The second-order valence-corrected chi connectivity index (χ2v) is 40.8. The van der Waals surface area contributed by atoms with Crippen molar-refractivity contribution in [1.29, 1.82) is 0 Å². The number of hydrogen-bond donors (Lipinski definition) is 8. The van der Waals surface area contributed by atoms with Crippen LogP contribution in [0.3, 0.4) is 0 Å². The van der Waals surface area contributed by atoms with Crippen molar-refractivity contribution in [2.45, 2.75) is 174 Å². The zero-order valence-corrected chi connectivity index (χ0v) is 77.6. The SMILES string of the molecule is CC(=O)c1cccc(CCCOc2ccc(S(=O)(=O)C3(C(=O)NO)CCOCC3)cc2)c1.CCC(=O)c1cccc(CCCOc2ccc(S(=O)(=O)C3(C(=O)NO)CCOCC3)cc2)c1.COc1cc(CCCOc2ccc(S(=O)(=O)C3(C(=O)NO)CCOCC3)cc2)cc(OC)c1.O=C(NO)C1(S(=O)(=O)c2ccc(OCCCc3cc(C(F)(F)F)cc(C(F)(F)F)c3)cc2)CCOCC1. The minimum absolute atomic E-state index is 0.00415. The van der Waals surface area contributed by atoms with E-state index in [4.69, 9.17) is 68.2 Å². The third-order valence-electron chi connectivity index (χ3n) is 23.3. The van der Waals surface area contributed by atoms with Crippen molar-refractivity contribution in [3.05, 3.63) is 226 Å². The molecule has 4 amide bonds. The molecule has 0 aromatic heterocycles. The summed E-state index contributed by atoms with van der Waals surface area (Å²) in [6, 6.07) is 44.9. The molecule has 0 bridgehead atoms. The van der Waals surface area contributed by atoms with Crippen LogP contribution in [-0.2, 0) is 116 Å². The Bertz CT molecular complexity index is 5760. The van der Waals surface area contributed by atoms with E-state index < -0.39 is 105 Å². The minimum Gasteiger partial charge on any atom is -0.497 e. The highest BCUT2D eigenvalue weighted by Crippen LogP contribution is 2.43. The van der Waals surface area contributed by atoms with Gasteiger partial charge in [-0.3, -0.25) is 49.6 Å². The number of rotatable bonds is 37. The number of Topliss-reactive ketones (excluding diaryl/α,β-unsaturated/α-hetero) is 2. The fourth-order valence-corrected chi connectivity index (χ4v) is 23.3. The third-order valence-corrected chi connectivity index (χ3v) is 33.4. The fourth-order valence-electron chi connectivity index (χ4n) is 15.5. The van der Waals surface area contributed by atoms with Gasteiger partial charge in [-0.05, 0) is 271 Å². The Hall–Kier alpha value is -11.2. The van der Waals surface area contributed by atoms with Gasteiger partial charge in [0, 0.05) is 76.5 Å². The first-order valence-electron chi connectivity index (χ1n) is 42.9. The predicted octanol–water partition coefficient (Wildman–Crippen LogP) is 13.0. The molecule has 734 valence electrons. The van der Waals surface area contributed by atoms with Crippen molar-refractivity contribution >= 4 is 74.5 Å². The Morgan fingerprint density at radius 2 is 0.593 bits per heavy atom. The monoisotopic (exact) mass is 1970 g/mol. The molecule has 4 fully saturated rings. The highest BCUT2D eigenvalue weighted by Gasteiger charge is 2.56. The highest BCUT2D eigenvalue weighted by molar-refractivity contribution is 7.94. The lowest BCUT2D eigenvalue weighted by Gasteiger charge is -2.34. The summed E-state index contributed by atoms with van der Waals surface area (Å²) in [6.45, 7) is 5.28. The van der Waals surface area contributed by atoms with E-state index in [2.05, 4.69) is 0 Å². The molecule has 32 nitrogen and oxygen atoms in total. The number of halogens is 6. The Balaban J connectivity index is 0.000000202. The van der Waals surface area contributed by atoms with Gasteiger partial charge in [0.15, 0.2) is 69.9 Å². The van der Waals surface area contributed by atoms with Crippen molar-refractivity contribution < 1.29 is 157 Å². The van der Waals surface area contributed by atoms with Crippen molar-refractivity contribution in [2.75, 3.05) is 93.5 Å². The Kier molecular flexibility index (Phi) is 38.6. The summed E-state index contributed by atoms with van der Waals surface area (Å²) in [5.41, 5.74) is 7.54. The average Bonchev–Trinajstić information content (AvgIpc) is 0.649. The number of carbonyl (C=O) groups excluding carboxylic acids is 6. The molecule has 0 radical (unpaired) electrons. The van der Waals surface area contributed by atoms with E-state index >= 15 is 0 Å². The molecule has 4 heterocycles. The van der Waals surface area contributed by atoms with Gasteiger partial charge in [0.25, 0.3) is 23.6 Å². The Labute approximate surface area is 777 Å². The number of sulfone groups is 4. The van der Waals surface area contributed by atoms with E-state index in [1.165, 1.54) is 89.5 Å². The van der Waals surface area contributed by atoms with Gasteiger partial charge < -0.3 is 47.4 Å². The lowest BCUT2D eigenvalue weighted by Crippen LogP contribution is -2.54. The number of ether oxygens (including phenoxy) is 10. The van der Waals surface area contributed by atoms with E-state index in [0.29, 0.717) is 66.7 Å². The smallest absolute Gasteiger partial charge is 0.416 e. The number of hydroxylamine groups is 4. The molecule has 0 atom stereocenters. The number of hydrogen-bond acceptors (Lipinski definition) is 28. The van der Waals surface area contributed by atoms with Crippen LogP contribution in [0.15, 0.2) is 202 Å². The third kappa shape index (κ3) is 26.8. The number of ketones is 2. The standard InChI is InChI=1S/C24H29NO7S.C23H23F6NO6S.C23H29NO8S.C23H27NO7S/c1-2-22(26)19-7-3-5-18(17-19)6-4-14-32-20-8-10-21(11-9-20)33(29,30)24(23(27)25-28)12-15-31-16-13-24;24-22(25,26)16-12-15(13-17(14-16)23(27,28)29)2-1-9-36-18-3-5-19(6-4-18)37(33,34)21(20(31)30-32)7-10-35-11-8-21;1-29-19-14-17(15-20(16-19)30-2)4-3-11-32-18-5-7-21(8-6-18)33(27,28)23(22(25)24-26)9-12-31-13-10-23;1-17(25)19-6-2-4-18(16-19)5-3-13-31-20-7-9-21(10-8-20)32(28,29)23(22(26)24-27)11-14-30-15-12-23/h3,5,7-11,17,28H,2,4,6,12-16H2,1H3,(H,25,27);3-6,12-14,32H,1-2,7-11H2,(H,30,31);5-8,14-16,26H,3-4,9-13H2,1-2H3,(H,24,25);2,4,6-10,16,27H,3,5,11-15H2,1H3,(H,24,26). The molecule has 135 heavy (non-hydrogen) atoms. The molecule has 4 saturated heterocycles. The zero-order valence-electron chi connectivity index (χ0n) is 74.3. The molecule has 8 N–H and O–H groups in total. The normalized spacial score (nSPS) is 15.8. The average molecular weight is 1970 g/mol. The quantitative estimate of drug-likeness (QED) is 0.00589. The maximum Gasteiger partial charge on any atom is 0.416 e. The first-order chi connectivity index (χ1) is 64.2. The number of carbonyl (C=O) groups is 6. The first kappa shape index (κ1) is 108. The van der Waals surface area contributed by atoms with Crippen molar-refractivity contribution in [1.82, 2.24) is 21.9 Å². The molecular formula is C93H108F6N4O28S4. The molecular weight excluding hydrogens is 1860 g/mol. The van der Waals surface area contributed by atoms with E-state index in [1.54, 1.807) is 56.7 Å². The predicted molar refractivity (Wildman–Crippen MR) is 474 cm³/mol. The van der Waals surface area contributed by atoms with Crippen LogP contribution in [0.1, 0.15) is 151 Å². The number of amides is 4. The van der Waals surface area contributed by atoms with Crippen LogP contribution >= 0.6 is 0 Å². The van der Waals surface area contributed by atoms with Gasteiger partial charge in [0.05, 0.1) is 71.4 Å². The number of nitrogens with one attached hydrogen (secondary N) is 4. The Morgan fingerprint density at radius 3 is 0.837 bits per heavy atom. The van der Waals surface area contributed by atoms with Crippen molar-refractivity contribution in [3.8, 4) is 34.5 Å². The topological polar surface area (TPSA) is 460 Å². The largest absolute Gasteiger partial charge is 0.497 e. The number of benzene rings is 8. The van der Waals surface area contributed by atoms with Gasteiger partial charge in [-0.25, -0.2) is 55.6 Å². The molecule has 0 saturated carbocycles. The van der Waals surface area contributed by atoms with Crippen molar-refractivity contribution in [2.24, 2.45) is 0 Å². The zero-order chi connectivity index (χ0) is 98.5. The van der Waals surface area contributed by atoms with E-state index in [-0.39, 0.29) is 172 Å². The maximum absolute atomic E-state index is 13.3. The van der Waals surface area contributed by atoms with Crippen LogP contribution in [0.5, 0.6) is 34.5 Å². The van der Waals surface area contributed by atoms with E-state index in [1.807, 2.05) is 67.6 Å². The summed E-state index contributed by atoms with van der Waals surface area (Å²) in [7, 11) is -13.2. The molecule has 8 aromatic carbocycles. The summed E-state index contributed by atoms with van der Waals surface area (Å²) >= 11 is 0. The van der Waals surface area contributed by atoms with Crippen LogP contribution in [0.4, 0.5) is 26.3 Å². The van der Waals surface area contributed by atoms with Gasteiger partial charge in [-0.15, -0.1) is 0 Å². The second-order valence-electron chi connectivity index (χ2n) is 31.8. The van der Waals surface area contributed by atoms with Gasteiger partial charge in [0.2, 0.25) is 0 Å². The summed E-state index contributed by atoms with van der Waals surface area (Å²) in [4.78, 5) is 72.3. The molecule has 8 aromatic rings. The summed E-state index contributed by atoms with van der Waals surface area (Å²) < 4.78 is 231. The molecule has 0 aliphatic carbocycles. The lowest BCUT2D eigenvalue weighted by atomic mass is 9.98. The van der Waals surface area contributed by atoms with Gasteiger partial charge in [-0.1, -0.05) is 43.3 Å². The van der Waals surface area contributed by atoms with Crippen LogP contribution in [-0.4, -0.2) is 202 Å².